The van der Waals surface area contributed by atoms with Gasteiger partial charge in [-0.2, -0.15) is 0 Å². The van der Waals surface area contributed by atoms with Crippen LogP contribution in [-0.4, -0.2) is 83.0 Å². The van der Waals surface area contributed by atoms with E-state index in [1.165, 1.54) is 25.9 Å². The van der Waals surface area contributed by atoms with Crippen LogP contribution in [-0.2, 0) is 22.4 Å². The lowest BCUT2D eigenvalue weighted by molar-refractivity contribution is -0.894. The Morgan fingerprint density at radius 3 is 2.97 bits per heavy atom. The van der Waals surface area contributed by atoms with Gasteiger partial charge in [0.25, 0.3) is 12.1 Å². The Balaban J connectivity index is 1.35. The molecule has 4 heterocycles. The first-order valence-electron chi connectivity index (χ1n) is 13.6. The van der Waals surface area contributed by atoms with Crippen LogP contribution in [0.3, 0.4) is 0 Å². The molecule has 3 aromatic heterocycles. The number of carbonyl (C=O) groups excluding carboxylic acids is 1. The maximum atomic E-state index is 14.5. The normalized spacial score (nSPS) is 14.6. The number of Topliss-reactive ketones (excluding diaryl/α,β-unsaturated/α-hetero) is 1. The third-order valence-electron chi connectivity index (χ3n) is 6.99. The van der Waals surface area contributed by atoms with Crippen LogP contribution in [0.4, 0.5) is 16.0 Å². The zero-order valence-corrected chi connectivity index (χ0v) is 22.8. The molecule has 0 unspecified atom stereocenters. The Labute approximate surface area is 228 Å². The summed E-state index contributed by atoms with van der Waals surface area (Å²) in [6, 6.07) is 7.22. The summed E-state index contributed by atoms with van der Waals surface area (Å²) < 4.78 is 20.4. The molecule has 0 aromatic carbocycles. The van der Waals surface area contributed by atoms with Crippen LogP contribution in [0.2, 0.25) is 0 Å². The fraction of sp³-hybridized carbons (Fsp3) is 0.536. The van der Waals surface area contributed by atoms with Gasteiger partial charge in [0.1, 0.15) is 18.0 Å². The molecule has 11 heteroatoms. The molecule has 0 spiro atoms. The van der Waals surface area contributed by atoms with E-state index in [-0.39, 0.29) is 18.9 Å². The molecule has 1 aliphatic heterocycles. The van der Waals surface area contributed by atoms with Crippen molar-refractivity contribution in [3.8, 4) is 0 Å². The van der Waals surface area contributed by atoms with Gasteiger partial charge in [0.05, 0.1) is 6.61 Å². The Hall–Kier alpha value is -3.44. The molecular formula is C28H39FN7O3+. The van der Waals surface area contributed by atoms with Crippen molar-refractivity contribution in [2.24, 2.45) is 0 Å². The molecule has 10 nitrogen and oxygen atoms in total. The summed E-state index contributed by atoms with van der Waals surface area (Å²) in [7, 11) is 1.49. The molecule has 0 bridgehead atoms. The van der Waals surface area contributed by atoms with Crippen LogP contribution >= 0.6 is 0 Å². The fourth-order valence-corrected chi connectivity index (χ4v) is 4.91. The first kappa shape index (κ1) is 28.6. The minimum absolute atomic E-state index is 0.0239. The van der Waals surface area contributed by atoms with Gasteiger partial charge in [-0.3, -0.25) is 10.1 Å². The van der Waals surface area contributed by atoms with Crippen LogP contribution in [0, 0.1) is 0 Å². The number of hydrogen-bond donors (Lipinski definition) is 3. The van der Waals surface area contributed by atoms with Gasteiger partial charge in [-0.05, 0) is 69.3 Å². The van der Waals surface area contributed by atoms with Crippen molar-refractivity contribution in [3.63, 3.8) is 0 Å². The molecule has 0 saturated heterocycles. The number of anilines is 2. The van der Waals surface area contributed by atoms with Crippen LogP contribution < -0.4 is 15.4 Å². The van der Waals surface area contributed by atoms with Gasteiger partial charge in [0.15, 0.2) is 16.8 Å². The molecule has 0 saturated carbocycles. The SMILES string of the molecule is COC[C@@H](F)CN(CCCCc1ccc2c(n1)NCCC2)CC[C@H](Nc1c2ncccc2nc[n+]1O)C(C)=O. The summed E-state index contributed by atoms with van der Waals surface area (Å²) in [6.07, 6.45) is 7.04. The first-order chi connectivity index (χ1) is 18.9. The van der Waals surface area contributed by atoms with E-state index in [0.717, 1.165) is 54.9 Å². The van der Waals surface area contributed by atoms with Gasteiger partial charge in [0.2, 0.25) is 0 Å². The van der Waals surface area contributed by atoms with Gasteiger partial charge in [-0.25, -0.2) is 14.4 Å². The van der Waals surface area contributed by atoms with Gasteiger partial charge in [-0.15, -0.1) is 4.98 Å². The quantitative estimate of drug-likeness (QED) is 0.152. The summed E-state index contributed by atoms with van der Waals surface area (Å²) in [5.74, 6) is 1.21. The molecular weight excluding hydrogens is 501 g/mol. The number of nitrogens with one attached hydrogen (secondary N) is 2. The van der Waals surface area contributed by atoms with E-state index in [1.54, 1.807) is 18.3 Å². The highest BCUT2D eigenvalue weighted by Crippen LogP contribution is 2.21. The van der Waals surface area contributed by atoms with Crippen molar-refractivity contribution in [3.05, 3.63) is 48.0 Å². The molecule has 0 aliphatic carbocycles. The highest BCUT2D eigenvalue weighted by molar-refractivity contribution is 5.88. The monoisotopic (exact) mass is 540 g/mol. The maximum Gasteiger partial charge on any atom is 0.290 e. The number of unbranched alkanes of at least 4 members (excludes halogenated alkanes) is 1. The second-order valence-corrected chi connectivity index (χ2v) is 10.1. The van der Waals surface area contributed by atoms with Gasteiger partial charge >= 0.3 is 0 Å². The third kappa shape index (κ3) is 8.03. The molecule has 3 aromatic rings. The molecule has 210 valence electrons. The molecule has 1 aliphatic rings. The van der Waals surface area contributed by atoms with Gasteiger partial charge < -0.3 is 20.2 Å². The fourth-order valence-electron chi connectivity index (χ4n) is 4.91. The number of ketones is 1. The highest BCUT2D eigenvalue weighted by Gasteiger charge is 2.25. The number of halogens is 1. The number of aromatic nitrogens is 4. The third-order valence-corrected chi connectivity index (χ3v) is 6.99. The van der Waals surface area contributed by atoms with E-state index in [0.29, 0.717) is 36.4 Å². The zero-order valence-electron chi connectivity index (χ0n) is 22.8. The summed E-state index contributed by atoms with van der Waals surface area (Å²) in [5, 5.41) is 16.9. The molecule has 0 fully saturated rings. The highest BCUT2D eigenvalue weighted by atomic mass is 19.1. The largest absolute Gasteiger partial charge is 0.382 e. The van der Waals surface area contributed by atoms with Crippen LogP contribution in [0.5, 0.6) is 0 Å². The summed E-state index contributed by atoms with van der Waals surface area (Å²) >= 11 is 0. The standard InChI is InChI=1S/C28H38FN7O3/c1-20(37)24(34-28-26-25(9-6-13-30-26)32-19-36(28)38)12-16-35(17-22(29)18-39-2)15-4-3-8-23-11-10-21-7-5-14-31-27(21)33-23/h6,9-11,13,19,22,24,38H,3-5,7-8,12,14-18H2,1-2H3,(H,31,33)/p+1/t22-,24-/m0/s1. The van der Waals surface area contributed by atoms with E-state index in [1.807, 2.05) is 4.90 Å². The number of carbonyl (C=O) groups is 1. The Kier molecular flexibility index (Phi) is 10.3. The number of ether oxygens (including phenoxy) is 1. The van der Waals surface area contributed by atoms with Crippen molar-refractivity contribution in [1.82, 2.24) is 19.9 Å². The minimum atomic E-state index is -1.12. The van der Waals surface area contributed by atoms with Crippen LogP contribution in [0.1, 0.15) is 43.9 Å². The molecule has 0 amide bonds. The van der Waals surface area contributed by atoms with E-state index in [9.17, 15) is 14.4 Å². The van der Waals surface area contributed by atoms with Gasteiger partial charge in [0, 0.05) is 45.1 Å². The lowest BCUT2D eigenvalue weighted by Gasteiger charge is -2.25. The van der Waals surface area contributed by atoms with Crippen molar-refractivity contribution < 1.29 is 23.9 Å². The van der Waals surface area contributed by atoms with Crippen molar-refractivity contribution in [2.45, 2.75) is 57.7 Å². The number of aryl methyl sites for hydroxylation is 2. The first-order valence-corrected chi connectivity index (χ1v) is 13.6. The lowest BCUT2D eigenvalue weighted by Crippen LogP contribution is -2.42. The van der Waals surface area contributed by atoms with E-state index >= 15 is 0 Å². The second-order valence-electron chi connectivity index (χ2n) is 10.1. The Bertz CT molecular complexity index is 1250. The summed E-state index contributed by atoms with van der Waals surface area (Å²) in [4.78, 5) is 27.8. The molecule has 2 atom stereocenters. The number of nitrogens with zero attached hydrogens (tertiary/aromatic N) is 5. The molecule has 4 rings (SSSR count). The minimum Gasteiger partial charge on any atom is -0.382 e. The maximum absolute atomic E-state index is 14.5. The average molecular weight is 541 g/mol. The molecule has 39 heavy (non-hydrogen) atoms. The number of pyridine rings is 2. The smallest absolute Gasteiger partial charge is 0.290 e. The van der Waals surface area contributed by atoms with E-state index in [2.05, 4.69) is 32.7 Å². The van der Waals surface area contributed by atoms with Crippen LogP contribution in [0.25, 0.3) is 11.0 Å². The number of methoxy groups -OCH3 is 1. The molecule has 0 radical (unpaired) electrons. The van der Waals surface area contributed by atoms with Gasteiger partial charge in [-0.1, -0.05) is 10.8 Å². The van der Waals surface area contributed by atoms with E-state index in [4.69, 9.17) is 9.72 Å². The zero-order chi connectivity index (χ0) is 27.6. The number of alkyl halides is 1. The Morgan fingerprint density at radius 2 is 2.15 bits per heavy atom. The second kappa shape index (κ2) is 14.1. The number of fused-ring (bicyclic) bond motifs is 2. The van der Waals surface area contributed by atoms with Crippen molar-refractivity contribution in [1.29, 1.82) is 0 Å². The molecule has 3 N–H and O–H groups in total. The van der Waals surface area contributed by atoms with Crippen molar-refractivity contribution in [2.75, 3.05) is 50.5 Å². The lowest BCUT2D eigenvalue weighted by atomic mass is 10.1. The van der Waals surface area contributed by atoms with Crippen LogP contribution in [0.15, 0.2) is 36.8 Å². The predicted octanol–water partition coefficient (Wildman–Crippen LogP) is 2.98. The van der Waals surface area contributed by atoms with Crippen molar-refractivity contribution >= 4 is 28.5 Å². The average Bonchev–Trinajstić information content (AvgIpc) is 2.94. The summed E-state index contributed by atoms with van der Waals surface area (Å²) in [6.45, 7) is 3.91. The predicted molar refractivity (Wildman–Crippen MR) is 147 cm³/mol. The Morgan fingerprint density at radius 1 is 1.28 bits per heavy atom. The number of hydrogen-bond acceptors (Lipinski definition) is 9. The topological polar surface area (TPSA) is 116 Å². The summed E-state index contributed by atoms with van der Waals surface area (Å²) in [5.41, 5.74) is 3.40. The van der Waals surface area contributed by atoms with E-state index < -0.39 is 12.2 Å². The number of rotatable bonds is 15.